The van der Waals surface area contributed by atoms with Crippen LogP contribution in [0.25, 0.3) is 0 Å². The molecule has 0 N–H and O–H groups in total. The van der Waals surface area contributed by atoms with Gasteiger partial charge in [-0.1, -0.05) is 32.0 Å². The summed E-state index contributed by atoms with van der Waals surface area (Å²) in [6, 6.07) is 9.44. The maximum atomic E-state index is 12.5. The van der Waals surface area contributed by atoms with E-state index in [2.05, 4.69) is 0 Å². The molecule has 1 aliphatic rings. The summed E-state index contributed by atoms with van der Waals surface area (Å²) in [4.78, 5) is 28.1. The van der Waals surface area contributed by atoms with Crippen LogP contribution in [0, 0.1) is 0 Å². The number of ether oxygens (including phenoxy) is 1. The average Bonchev–Trinajstić information content (AvgIpc) is 2.61. The van der Waals surface area contributed by atoms with Crippen LogP contribution in [0.2, 0.25) is 0 Å². The highest BCUT2D eigenvalue weighted by atomic mass is 16.6. The van der Waals surface area contributed by atoms with E-state index in [-0.39, 0.29) is 18.0 Å². The van der Waals surface area contributed by atoms with Crippen LogP contribution < -0.4 is 0 Å². The predicted octanol–water partition coefficient (Wildman–Crippen LogP) is 4.18. The van der Waals surface area contributed by atoms with Gasteiger partial charge in [0.1, 0.15) is 5.60 Å². The maximum Gasteiger partial charge on any atom is 0.410 e. The summed E-state index contributed by atoms with van der Waals surface area (Å²) < 4.78 is 5.40. The summed E-state index contributed by atoms with van der Waals surface area (Å²) >= 11 is 0. The minimum atomic E-state index is -0.478. The first kappa shape index (κ1) is 21.0. The Morgan fingerprint density at radius 2 is 1.60 bits per heavy atom. The van der Waals surface area contributed by atoms with Crippen molar-refractivity contribution < 1.29 is 14.3 Å². The highest BCUT2D eigenvalue weighted by Crippen LogP contribution is 2.19. The minimum absolute atomic E-state index is 0.0290. The van der Waals surface area contributed by atoms with E-state index in [1.165, 1.54) is 0 Å². The molecule has 2 rings (SSSR count). The van der Waals surface area contributed by atoms with Crippen molar-refractivity contribution >= 4 is 12.0 Å². The SMILES string of the molecule is CC.CN(C(=O)c1ccccc1)C1CCN(C(=O)OC(C)(C)C)CC1. The summed E-state index contributed by atoms with van der Waals surface area (Å²) in [5, 5.41) is 0. The lowest BCUT2D eigenvalue weighted by atomic mass is 10.0. The molecule has 0 unspecified atom stereocenters. The Morgan fingerprint density at radius 3 is 2.08 bits per heavy atom. The molecular weight excluding hydrogens is 316 g/mol. The fraction of sp³-hybridized carbons (Fsp3) is 0.600. The second-order valence-electron chi connectivity index (χ2n) is 6.98. The number of carbonyl (C=O) groups excluding carboxylic acids is 2. The van der Waals surface area contributed by atoms with Crippen LogP contribution in [-0.4, -0.2) is 53.6 Å². The molecule has 1 aliphatic heterocycles. The standard InChI is InChI=1S/C18H26N2O3.C2H6/c1-18(2,3)23-17(22)20-12-10-15(11-13-20)19(4)16(21)14-8-6-5-7-9-14;1-2/h5-9,15H,10-13H2,1-4H3;1-2H3. The fourth-order valence-corrected chi connectivity index (χ4v) is 2.71. The number of carbonyl (C=O) groups is 2. The van der Waals surface area contributed by atoms with Gasteiger partial charge in [0.05, 0.1) is 0 Å². The Balaban J connectivity index is 0.00000151. The Kier molecular flexibility index (Phi) is 7.94. The first-order valence-corrected chi connectivity index (χ1v) is 9.08. The van der Waals surface area contributed by atoms with Crippen LogP contribution in [-0.2, 0) is 4.74 Å². The van der Waals surface area contributed by atoms with Crippen molar-refractivity contribution in [3.63, 3.8) is 0 Å². The molecule has 0 aromatic heterocycles. The van der Waals surface area contributed by atoms with Gasteiger partial charge < -0.3 is 14.5 Å². The molecule has 1 saturated heterocycles. The predicted molar refractivity (Wildman–Crippen MR) is 101 cm³/mol. The summed E-state index contributed by atoms with van der Waals surface area (Å²) in [7, 11) is 1.84. The lowest BCUT2D eigenvalue weighted by molar-refractivity contribution is 0.0160. The third kappa shape index (κ3) is 6.40. The second-order valence-corrected chi connectivity index (χ2v) is 6.98. The molecule has 0 saturated carbocycles. The summed E-state index contributed by atoms with van der Waals surface area (Å²) in [5.41, 5.74) is 0.221. The molecule has 25 heavy (non-hydrogen) atoms. The van der Waals surface area contributed by atoms with Crippen LogP contribution in [0.4, 0.5) is 4.79 Å². The van der Waals surface area contributed by atoms with Crippen LogP contribution >= 0.6 is 0 Å². The molecule has 0 radical (unpaired) electrons. The van der Waals surface area contributed by atoms with Crippen molar-refractivity contribution in [1.82, 2.24) is 9.80 Å². The summed E-state index contributed by atoms with van der Waals surface area (Å²) in [6.45, 7) is 10.8. The summed E-state index contributed by atoms with van der Waals surface area (Å²) in [6.07, 6.45) is 1.27. The monoisotopic (exact) mass is 348 g/mol. The average molecular weight is 348 g/mol. The summed E-state index contributed by atoms with van der Waals surface area (Å²) in [5.74, 6) is 0.0290. The van der Waals surface area contributed by atoms with Gasteiger partial charge in [-0.05, 0) is 45.7 Å². The molecule has 1 fully saturated rings. The van der Waals surface area contributed by atoms with Gasteiger partial charge >= 0.3 is 6.09 Å². The zero-order valence-corrected chi connectivity index (χ0v) is 16.4. The zero-order valence-electron chi connectivity index (χ0n) is 16.4. The van der Waals surface area contributed by atoms with E-state index >= 15 is 0 Å². The van der Waals surface area contributed by atoms with Crippen LogP contribution in [0.3, 0.4) is 0 Å². The molecule has 0 spiro atoms. The highest BCUT2D eigenvalue weighted by Gasteiger charge is 2.30. The van der Waals surface area contributed by atoms with E-state index in [0.29, 0.717) is 18.7 Å². The number of benzene rings is 1. The van der Waals surface area contributed by atoms with Crippen molar-refractivity contribution in [3.8, 4) is 0 Å². The van der Waals surface area contributed by atoms with Gasteiger partial charge in [-0.2, -0.15) is 0 Å². The van der Waals surface area contributed by atoms with Crippen LogP contribution in [0.1, 0.15) is 57.8 Å². The molecular formula is C20H32N2O3. The number of rotatable bonds is 2. The van der Waals surface area contributed by atoms with E-state index in [1.807, 2.05) is 72.0 Å². The quantitative estimate of drug-likeness (QED) is 0.805. The largest absolute Gasteiger partial charge is 0.444 e. The highest BCUT2D eigenvalue weighted by molar-refractivity contribution is 5.94. The first-order valence-electron chi connectivity index (χ1n) is 9.08. The van der Waals surface area contributed by atoms with E-state index in [1.54, 1.807) is 9.80 Å². The van der Waals surface area contributed by atoms with Gasteiger partial charge in [0.15, 0.2) is 0 Å². The number of amides is 2. The fourth-order valence-electron chi connectivity index (χ4n) is 2.71. The number of hydrogen-bond acceptors (Lipinski definition) is 3. The topological polar surface area (TPSA) is 49.9 Å². The normalized spacial score (nSPS) is 15.0. The molecule has 0 aliphatic carbocycles. The van der Waals surface area contributed by atoms with E-state index < -0.39 is 5.60 Å². The molecule has 1 aromatic carbocycles. The molecule has 0 atom stereocenters. The van der Waals surface area contributed by atoms with Gasteiger partial charge in [-0.25, -0.2) is 4.79 Å². The molecule has 2 amide bonds. The van der Waals surface area contributed by atoms with Gasteiger partial charge in [0.2, 0.25) is 0 Å². The number of hydrogen-bond donors (Lipinski definition) is 0. The van der Waals surface area contributed by atoms with Crippen molar-refractivity contribution in [1.29, 1.82) is 0 Å². The van der Waals surface area contributed by atoms with Gasteiger partial charge in [-0.15, -0.1) is 0 Å². The smallest absolute Gasteiger partial charge is 0.410 e. The zero-order chi connectivity index (χ0) is 19.0. The van der Waals surface area contributed by atoms with E-state index in [0.717, 1.165) is 12.8 Å². The number of nitrogens with zero attached hydrogens (tertiary/aromatic N) is 2. The van der Waals surface area contributed by atoms with Crippen LogP contribution in [0.15, 0.2) is 30.3 Å². The molecule has 1 aromatic rings. The number of piperidine rings is 1. The first-order chi connectivity index (χ1) is 11.8. The van der Waals surface area contributed by atoms with Crippen molar-refractivity contribution in [3.05, 3.63) is 35.9 Å². The number of likely N-dealkylation sites (tertiary alicyclic amines) is 1. The van der Waals surface area contributed by atoms with Crippen molar-refractivity contribution in [2.75, 3.05) is 20.1 Å². The minimum Gasteiger partial charge on any atom is -0.444 e. The molecule has 5 nitrogen and oxygen atoms in total. The van der Waals surface area contributed by atoms with E-state index in [9.17, 15) is 9.59 Å². The lowest BCUT2D eigenvalue weighted by Gasteiger charge is -2.37. The van der Waals surface area contributed by atoms with Gasteiger partial charge in [0.25, 0.3) is 5.91 Å². The Hall–Kier alpha value is -2.04. The van der Waals surface area contributed by atoms with Crippen LogP contribution in [0.5, 0.6) is 0 Å². The van der Waals surface area contributed by atoms with E-state index in [4.69, 9.17) is 4.74 Å². The van der Waals surface area contributed by atoms with Crippen molar-refractivity contribution in [2.24, 2.45) is 0 Å². The maximum absolute atomic E-state index is 12.5. The van der Waals surface area contributed by atoms with Gasteiger partial charge in [-0.3, -0.25) is 4.79 Å². The Morgan fingerprint density at radius 1 is 1.08 bits per heavy atom. The third-order valence-electron chi connectivity index (χ3n) is 4.00. The lowest BCUT2D eigenvalue weighted by Crippen LogP contribution is -2.48. The molecule has 5 heteroatoms. The molecule has 1 heterocycles. The van der Waals surface area contributed by atoms with Crippen molar-refractivity contribution in [2.45, 2.75) is 59.1 Å². The second kappa shape index (κ2) is 9.44. The van der Waals surface area contributed by atoms with Gasteiger partial charge in [0, 0.05) is 31.7 Å². The molecule has 140 valence electrons. The third-order valence-corrected chi connectivity index (χ3v) is 4.00. The Labute approximate surface area is 151 Å². The molecule has 0 bridgehead atoms. The Bertz CT molecular complexity index is 544.